The van der Waals surface area contributed by atoms with E-state index >= 15 is 0 Å². The van der Waals surface area contributed by atoms with Gasteiger partial charge in [-0.15, -0.1) is 0 Å². The minimum atomic E-state index is -1.12. The Balaban J connectivity index is 2.27. The maximum Gasteiger partial charge on any atom is 0.339 e. The molecule has 0 aliphatic heterocycles. The number of hydrogen-bond acceptors (Lipinski definition) is 3. The van der Waals surface area contributed by atoms with Crippen LogP contribution in [0.5, 0.6) is 5.75 Å². The summed E-state index contributed by atoms with van der Waals surface area (Å²) in [6.07, 6.45) is 3.40. The highest BCUT2D eigenvalue weighted by atomic mass is 16.4. The van der Waals surface area contributed by atoms with Crippen molar-refractivity contribution >= 4 is 5.97 Å². The predicted octanol–water partition coefficient (Wildman–Crippen LogP) is 1.89. The van der Waals surface area contributed by atoms with Gasteiger partial charge in [0.25, 0.3) is 0 Å². The molecule has 0 heterocycles. The van der Waals surface area contributed by atoms with Crippen molar-refractivity contribution in [2.24, 2.45) is 11.7 Å². The summed E-state index contributed by atoms with van der Waals surface area (Å²) in [5.74, 6) is -0.886. The van der Waals surface area contributed by atoms with Crippen LogP contribution < -0.4 is 5.73 Å². The van der Waals surface area contributed by atoms with Crippen LogP contribution in [-0.2, 0) is 0 Å². The molecule has 1 fully saturated rings. The van der Waals surface area contributed by atoms with Gasteiger partial charge in [-0.3, -0.25) is 0 Å². The van der Waals surface area contributed by atoms with Crippen molar-refractivity contribution in [1.29, 1.82) is 0 Å². The molecule has 4 nitrogen and oxygen atoms in total. The minimum Gasteiger partial charge on any atom is -0.507 e. The smallest absolute Gasteiger partial charge is 0.339 e. The summed E-state index contributed by atoms with van der Waals surface area (Å²) in [5, 5.41) is 18.3. The molecule has 1 aliphatic rings. The second-order valence-corrected chi connectivity index (χ2v) is 4.30. The van der Waals surface area contributed by atoms with E-state index in [9.17, 15) is 9.90 Å². The van der Waals surface area contributed by atoms with Gasteiger partial charge >= 0.3 is 5.97 Å². The highest BCUT2D eigenvalue weighted by Gasteiger charge is 2.26. The highest BCUT2D eigenvalue weighted by molar-refractivity contribution is 5.90. The first-order chi connectivity index (χ1) is 7.59. The lowest BCUT2D eigenvalue weighted by Gasteiger charge is -2.31. The molecule has 4 N–H and O–H groups in total. The fraction of sp³-hybridized carbons (Fsp3) is 0.417. The highest BCUT2D eigenvalue weighted by Crippen LogP contribution is 2.37. The van der Waals surface area contributed by atoms with Crippen LogP contribution >= 0.6 is 0 Å². The van der Waals surface area contributed by atoms with E-state index < -0.39 is 5.97 Å². The monoisotopic (exact) mass is 221 g/mol. The zero-order valence-corrected chi connectivity index (χ0v) is 8.89. The molecule has 0 bridgehead atoms. The van der Waals surface area contributed by atoms with Crippen LogP contribution in [0.1, 0.15) is 41.2 Å². The first-order valence-corrected chi connectivity index (χ1v) is 5.41. The number of carboxylic acid groups (broad SMARTS) is 1. The van der Waals surface area contributed by atoms with Crippen LogP contribution in [0.3, 0.4) is 0 Å². The molecule has 0 amide bonds. The molecule has 2 rings (SSSR count). The van der Waals surface area contributed by atoms with Crippen molar-refractivity contribution in [2.75, 3.05) is 0 Å². The number of nitrogens with two attached hydrogens (primary N) is 1. The Morgan fingerprint density at radius 2 is 2.12 bits per heavy atom. The van der Waals surface area contributed by atoms with Crippen LogP contribution in [0.25, 0.3) is 0 Å². The van der Waals surface area contributed by atoms with Crippen LogP contribution in [0, 0.1) is 5.92 Å². The SMILES string of the molecule is N[C@@H](c1ccc(O)c(C(=O)O)c1)C1CCC1. The lowest BCUT2D eigenvalue weighted by molar-refractivity contribution is 0.0693. The number of carbonyl (C=O) groups is 1. The van der Waals surface area contributed by atoms with Crippen molar-refractivity contribution in [3.63, 3.8) is 0 Å². The molecule has 0 saturated heterocycles. The minimum absolute atomic E-state index is 0.0766. The Bertz CT molecular complexity index is 413. The second-order valence-electron chi connectivity index (χ2n) is 4.30. The van der Waals surface area contributed by atoms with Crippen LogP contribution in [-0.4, -0.2) is 16.2 Å². The zero-order chi connectivity index (χ0) is 11.7. The summed E-state index contributed by atoms with van der Waals surface area (Å²) in [6, 6.07) is 4.45. The third kappa shape index (κ3) is 1.88. The van der Waals surface area contributed by atoms with Gasteiger partial charge in [0.15, 0.2) is 0 Å². The first kappa shape index (κ1) is 11.0. The molecule has 0 unspecified atom stereocenters. The average molecular weight is 221 g/mol. The van der Waals surface area contributed by atoms with Crippen LogP contribution in [0.15, 0.2) is 18.2 Å². The summed E-state index contributed by atoms with van der Waals surface area (Å²) < 4.78 is 0. The Hall–Kier alpha value is -1.55. The number of hydrogen-bond donors (Lipinski definition) is 3. The second kappa shape index (κ2) is 4.14. The fourth-order valence-corrected chi connectivity index (χ4v) is 2.00. The van der Waals surface area contributed by atoms with E-state index in [2.05, 4.69) is 0 Å². The predicted molar refractivity (Wildman–Crippen MR) is 59.3 cm³/mol. The number of aromatic carboxylic acids is 1. The van der Waals surface area contributed by atoms with Gasteiger partial charge in [0.1, 0.15) is 11.3 Å². The van der Waals surface area contributed by atoms with E-state index in [1.165, 1.54) is 18.6 Å². The van der Waals surface area contributed by atoms with Gasteiger partial charge in [0, 0.05) is 6.04 Å². The van der Waals surface area contributed by atoms with E-state index in [1.807, 2.05) is 0 Å². The van der Waals surface area contributed by atoms with Crippen molar-refractivity contribution < 1.29 is 15.0 Å². The van der Waals surface area contributed by atoms with Crippen LogP contribution in [0.4, 0.5) is 0 Å². The maximum absolute atomic E-state index is 10.8. The summed E-state index contributed by atoms with van der Waals surface area (Å²) >= 11 is 0. The number of benzene rings is 1. The standard InChI is InChI=1S/C12H15NO3/c13-11(7-2-1-3-7)8-4-5-10(14)9(6-8)12(15)16/h4-7,11,14H,1-3,13H2,(H,15,16)/t11-/m1/s1. The van der Waals surface area contributed by atoms with Gasteiger partial charge < -0.3 is 15.9 Å². The van der Waals surface area contributed by atoms with E-state index in [-0.39, 0.29) is 17.4 Å². The van der Waals surface area contributed by atoms with Gasteiger partial charge in [-0.05, 0) is 36.5 Å². The number of aromatic hydroxyl groups is 1. The quantitative estimate of drug-likeness (QED) is 0.727. The van der Waals surface area contributed by atoms with Crippen LogP contribution in [0.2, 0.25) is 0 Å². The van der Waals surface area contributed by atoms with Gasteiger partial charge in [-0.2, -0.15) is 0 Å². The first-order valence-electron chi connectivity index (χ1n) is 5.41. The summed E-state index contributed by atoms with van der Waals surface area (Å²) in [6.45, 7) is 0. The third-order valence-corrected chi connectivity index (χ3v) is 3.29. The lowest BCUT2D eigenvalue weighted by atomic mass is 9.77. The molecular formula is C12H15NO3. The fourth-order valence-electron chi connectivity index (χ4n) is 2.00. The van der Waals surface area contributed by atoms with Crippen molar-refractivity contribution in [3.05, 3.63) is 29.3 Å². The van der Waals surface area contributed by atoms with E-state index in [0.717, 1.165) is 18.4 Å². The third-order valence-electron chi connectivity index (χ3n) is 3.29. The molecular weight excluding hydrogens is 206 g/mol. The normalized spacial score (nSPS) is 17.8. The maximum atomic E-state index is 10.8. The molecule has 86 valence electrons. The summed E-state index contributed by atoms with van der Waals surface area (Å²) in [5.41, 5.74) is 6.76. The lowest BCUT2D eigenvalue weighted by Crippen LogP contribution is -2.26. The molecule has 0 radical (unpaired) electrons. The average Bonchev–Trinajstić information content (AvgIpc) is 2.15. The molecule has 16 heavy (non-hydrogen) atoms. The molecule has 1 aliphatic carbocycles. The molecule has 1 aromatic rings. The summed E-state index contributed by atoms with van der Waals surface area (Å²) in [7, 11) is 0. The van der Waals surface area contributed by atoms with Gasteiger partial charge in [0.2, 0.25) is 0 Å². The van der Waals surface area contributed by atoms with Crippen molar-refractivity contribution in [2.45, 2.75) is 25.3 Å². The Labute approximate surface area is 93.7 Å². The molecule has 1 saturated carbocycles. The summed E-state index contributed by atoms with van der Waals surface area (Å²) in [4.78, 5) is 10.8. The van der Waals surface area contributed by atoms with Gasteiger partial charge in [-0.1, -0.05) is 12.5 Å². The molecule has 0 aromatic heterocycles. The van der Waals surface area contributed by atoms with Crippen molar-refractivity contribution in [1.82, 2.24) is 0 Å². The number of phenols is 1. The Morgan fingerprint density at radius 3 is 2.62 bits per heavy atom. The van der Waals surface area contributed by atoms with Gasteiger partial charge in [-0.25, -0.2) is 4.79 Å². The number of rotatable bonds is 3. The van der Waals surface area contributed by atoms with E-state index in [4.69, 9.17) is 10.8 Å². The molecule has 1 atom stereocenters. The largest absolute Gasteiger partial charge is 0.507 e. The van der Waals surface area contributed by atoms with E-state index in [0.29, 0.717) is 5.92 Å². The van der Waals surface area contributed by atoms with Gasteiger partial charge in [0.05, 0.1) is 0 Å². The van der Waals surface area contributed by atoms with Crippen molar-refractivity contribution in [3.8, 4) is 5.75 Å². The topological polar surface area (TPSA) is 83.5 Å². The Morgan fingerprint density at radius 1 is 1.44 bits per heavy atom. The number of carboxylic acids is 1. The van der Waals surface area contributed by atoms with E-state index in [1.54, 1.807) is 6.07 Å². The molecule has 0 spiro atoms. The molecule has 4 heteroatoms. The Kier molecular flexibility index (Phi) is 2.83. The molecule has 1 aromatic carbocycles. The zero-order valence-electron chi connectivity index (χ0n) is 8.89.